The maximum absolute atomic E-state index is 12.2. The van der Waals surface area contributed by atoms with Gasteiger partial charge in [-0.15, -0.1) is 0 Å². The summed E-state index contributed by atoms with van der Waals surface area (Å²) in [6, 6.07) is 9.50. The lowest BCUT2D eigenvalue weighted by molar-refractivity contribution is 0.103. The predicted molar refractivity (Wildman–Crippen MR) is 68.9 cm³/mol. The first kappa shape index (κ1) is 12.3. The van der Waals surface area contributed by atoms with Crippen molar-refractivity contribution in [3.05, 3.63) is 52.8 Å². The molecule has 0 unspecified atom stereocenters. The third kappa shape index (κ3) is 2.27. The molecule has 0 aliphatic heterocycles. The Balaban J connectivity index is 2.51. The van der Waals surface area contributed by atoms with Crippen LogP contribution in [-0.4, -0.2) is 16.0 Å². The molecule has 18 heavy (non-hydrogen) atoms. The number of ketones is 1. The lowest BCUT2D eigenvalue weighted by Gasteiger charge is -2.08. The molecule has 0 saturated carbocycles. The van der Waals surface area contributed by atoms with E-state index in [1.165, 1.54) is 12.1 Å². The topological polar surface area (TPSA) is 88.2 Å². The molecule has 0 fully saturated rings. The molecule has 1 heterocycles. The Morgan fingerprint density at radius 3 is 2.72 bits per heavy atom. The Morgan fingerprint density at radius 1 is 1.28 bits per heavy atom. The Morgan fingerprint density at radius 2 is 2.00 bits per heavy atom. The summed E-state index contributed by atoms with van der Waals surface area (Å²) in [7, 11) is 0. The van der Waals surface area contributed by atoms with Gasteiger partial charge in [0, 0.05) is 5.56 Å². The van der Waals surface area contributed by atoms with E-state index in [2.05, 4.69) is 4.98 Å². The third-order valence-corrected chi connectivity index (χ3v) is 2.61. The minimum atomic E-state index is -0.410. The largest absolute Gasteiger partial charge is 0.397 e. The Kier molecular flexibility index (Phi) is 3.45. The lowest BCUT2D eigenvalue weighted by Crippen LogP contribution is -2.10. The number of para-hydroxylation sites is 1. The minimum Gasteiger partial charge on any atom is -0.397 e. The van der Waals surface area contributed by atoms with E-state index in [1.54, 1.807) is 24.3 Å². The molecule has 0 saturated heterocycles. The van der Waals surface area contributed by atoms with Gasteiger partial charge in [0.2, 0.25) is 5.78 Å². The second-order valence-electron chi connectivity index (χ2n) is 3.56. The van der Waals surface area contributed by atoms with Crippen LogP contribution in [0.1, 0.15) is 16.1 Å². The monoisotopic (exact) mass is 263 g/mol. The highest BCUT2D eigenvalue weighted by Crippen LogP contribution is 2.22. The average Bonchev–Trinajstić information content (AvgIpc) is 2.40. The highest BCUT2D eigenvalue weighted by molar-refractivity contribution is 6.29. The van der Waals surface area contributed by atoms with Crippen molar-refractivity contribution in [2.75, 3.05) is 11.2 Å². The van der Waals surface area contributed by atoms with Crippen LogP contribution in [0, 0.1) is 0 Å². The SMILES string of the molecule is Nc1ccc(Cl)nc1C(=O)c1ccccc1NO. The number of pyridine rings is 1. The lowest BCUT2D eigenvalue weighted by atomic mass is 10.0. The molecule has 0 bridgehead atoms. The van der Waals surface area contributed by atoms with E-state index < -0.39 is 5.78 Å². The zero-order chi connectivity index (χ0) is 13.1. The normalized spacial score (nSPS) is 10.1. The number of halogens is 1. The number of nitrogens with one attached hydrogen (secondary N) is 1. The Bertz CT molecular complexity index is 602. The van der Waals surface area contributed by atoms with Gasteiger partial charge < -0.3 is 5.73 Å². The summed E-state index contributed by atoms with van der Waals surface area (Å²) in [5.74, 6) is -0.410. The molecule has 0 atom stereocenters. The maximum atomic E-state index is 12.2. The number of hydrogen-bond acceptors (Lipinski definition) is 5. The first-order valence-electron chi connectivity index (χ1n) is 5.09. The second kappa shape index (κ2) is 5.03. The number of carbonyl (C=O) groups excluding carboxylic acids is 1. The van der Waals surface area contributed by atoms with Crippen molar-refractivity contribution in [3.8, 4) is 0 Å². The predicted octanol–water partition coefficient (Wildman–Crippen LogP) is 2.35. The fourth-order valence-electron chi connectivity index (χ4n) is 1.53. The number of nitrogen functional groups attached to an aromatic ring is 1. The summed E-state index contributed by atoms with van der Waals surface area (Å²) < 4.78 is 0. The quantitative estimate of drug-likeness (QED) is 0.449. The fraction of sp³-hybridized carbons (Fsp3) is 0. The highest BCUT2D eigenvalue weighted by atomic mass is 35.5. The molecule has 2 rings (SSSR count). The van der Waals surface area contributed by atoms with E-state index >= 15 is 0 Å². The molecule has 1 aromatic carbocycles. The van der Waals surface area contributed by atoms with E-state index in [4.69, 9.17) is 22.5 Å². The molecule has 0 spiro atoms. The first-order chi connectivity index (χ1) is 8.63. The number of hydrogen-bond donors (Lipinski definition) is 3. The molecule has 2 aromatic rings. The van der Waals surface area contributed by atoms with Crippen molar-refractivity contribution in [1.29, 1.82) is 0 Å². The van der Waals surface area contributed by atoms with Gasteiger partial charge in [-0.05, 0) is 24.3 Å². The zero-order valence-corrected chi connectivity index (χ0v) is 9.98. The molecule has 92 valence electrons. The van der Waals surface area contributed by atoms with E-state index in [0.29, 0.717) is 0 Å². The standard InChI is InChI=1S/C12H10ClN3O2/c13-10-6-5-8(14)11(15-10)12(17)7-3-1-2-4-9(7)16-18/h1-6,16,18H,14H2. The molecule has 0 amide bonds. The van der Waals surface area contributed by atoms with E-state index in [9.17, 15) is 4.79 Å². The zero-order valence-electron chi connectivity index (χ0n) is 9.22. The summed E-state index contributed by atoms with van der Waals surface area (Å²) in [5, 5.41) is 9.14. The van der Waals surface area contributed by atoms with E-state index in [-0.39, 0.29) is 27.8 Å². The number of benzene rings is 1. The van der Waals surface area contributed by atoms with Crippen LogP contribution in [0.2, 0.25) is 5.15 Å². The van der Waals surface area contributed by atoms with Crippen molar-refractivity contribution in [2.45, 2.75) is 0 Å². The summed E-state index contributed by atoms with van der Waals surface area (Å²) in [6.45, 7) is 0. The summed E-state index contributed by atoms with van der Waals surface area (Å²) in [6.07, 6.45) is 0. The van der Waals surface area contributed by atoms with Gasteiger partial charge in [-0.1, -0.05) is 23.7 Å². The third-order valence-electron chi connectivity index (χ3n) is 2.40. The fourth-order valence-corrected chi connectivity index (χ4v) is 1.68. The van der Waals surface area contributed by atoms with Gasteiger partial charge in [0.25, 0.3) is 0 Å². The van der Waals surface area contributed by atoms with Crippen LogP contribution in [0.5, 0.6) is 0 Å². The molecule has 0 radical (unpaired) electrons. The Labute approximate surface area is 108 Å². The molecule has 5 nitrogen and oxygen atoms in total. The van der Waals surface area contributed by atoms with Crippen LogP contribution in [0.4, 0.5) is 11.4 Å². The van der Waals surface area contributed by atoms with E-state index in [0.717, 1.165) is 0 Å². The molecule has 6 heteroatoms. The van der Waals surface area contributed by atoms with Crippen LogP contribution in [0.25, 0.3) is 0 Å². The van der Waals surface area contributed by atoms with Crippen LogP contribution >= 0.6 is 11.6 Å². The first-order valence-corrected chi connectivity index (χ1v) is 5.47. The number of nitrogens with zero attached hydrogens (tertiary/aromatic N) is 1. The smallest absolute Gasteiger partial charge is 0.215 e. The number of carbonyl (C=O) groups is 1. The minimum absolute atomic E-state index is 0.0604. The molecular weight excluding hydrogens is 254 g/mol. The molecule has 0 aliphatic carbocycles. The van der Waals surface area contributed by atoms with Crippen LogP contribution < -0.4 is 11.2 Å². The van der Waals surface area contributed by atoms with Crippen molar-refractivity contribution in [3.63, 3.8) is 0 Å². The van der Waals surface area contributed by atoms with Gasteiger partial charge in [0.1, 0.15) is 10.8 Å². The molecule has 1 aromatic heterocycles. The van der Waals surface area contributed by atoms with Gasteiger partial charge in [0.05, 0.1) is 11.4 Å². The molecule has 0 aliphatic rings. The Hall–Kier alpha value is -2.11. The van der Waals surface area contributed by atoms with Crippen molar-refractivity contribution in [1.82, 2.24) is 4.98 Å². The highest BCUT2D eigenvalue weighted by Gasteiger charge is 2.17. The number of rotatable bonds is 3. The van der Waals surface area contributed by atoms with Gasteiger partial charge >= 0.3 is 0 Å². The van der Waals surface area contributed by atoms with Gasteiger partial charge in [-0.25, -0.2) is 4.98 Å². The van der Waals surface area contributed by atoms with Gasteiger partial charge in [-0.3, -0.25) is 15.5 Å². The van der Waals surface area contributed by atoms with E-state index in [1.807, 2.05) is 5.48 Å². The number of nitrogens with two attached hydrogens (primary N) is 1. The van der Waals surface area contributed by atoms with Crippen LogP contribution in [0.3, 0.4) is 0 Å². The molecular formula is C12H10ClN3O2. The van der Waals surface area contributed by atoms with Crippen LogP contribution in [0.15, 0.2) is 36.4 Å². The second-order valence-corrected chi connectivity index (χ2v) is 3.95. The summed E-state index contributed by atoms with van der Waals surface area (Å²) >= 11 is 5.74. The van der Waals surface area contributed by atoms with Crippen LogP contribution in [-0.2, 0) is 0 Å². The average molecular weight is 264 g/mol. The van der Waals surface area contributed by atoms with Gasteiger partial charge in [-0.2, -0.15) is 0 Å². The van der Waals surface area contributed by atoms with Crippen molar-refractivity contribution < 1.29 is 10.0 Å². The number of aromatic nitrogens is 1. The summed E-state index contributed by atoms with van der Waals surface area (Å²) in [4.78, 5) is 16.2. The number of anilines is 2. The van der Waals surface area contributed by atoms with Crippen molar-refractivity contribution >= 4 is 28.8 Å². The molecule has 4 N–H and O–H groups in total. The summed E-state index contributed by atoms with van der Waals surface area (Å²) in [5.41, 5.74) is 8.49. The van der Waals surface area contributed by atoms with Gasteiger partial charge in [0.15, 0.2) is 0 Å². The van der Waals surface area contributed by atoms with Crippen molar-refractivity contribution in [2.24, 2.45) is 0 Å². The maximum Gasteiger partial charge on any atom is 0.215 e.